The minimum atomic E-state index is 0. The number of aliphatic imine (C=N–C) groups is 1. The molecule has 0 spiro atoms. The number of rotatable bonds is 7. The molecule has 7 heteroatoms. The predicted molar refractivity (Wildman–Crippen MR) is 129 cm³/mol. The highest BCUT2D eigenvalue weighted by atomic mass is 127. The van der Waals surface area contributed by atoms with E-state index in [1.807, 2.05) is 25.1 Å². The van der Waals surface area contributed by atoms with Gasteiger partial charge in [-0.1, -0.05) is 12.1 Å². The van der Waals surface area contributed by atoms with Crippen LogP contribution < -0.4 is 25.0 Å². The van der Waals surface area contributed by atoms with Crippen LogP contribution in [0.4, 0.5) is 11.4 Å². The molecule has 0 heterocycles. The Balaban J connectivity index is 0.00000392. The van der Waals surface area contributed by atoms with E-state index >= 15 is 0 Å². The SMILES string of the molecule is CCOc1cc(NC(=NC)NCc2ccc(C)cc2N(C)C)ccc1OC.I. The summed E-state index contributed by atoms with van der Waals surface area (Å²) in [7, 11) is 7.50. The van der Waals surface area contributed by atoms with Crippen molar-refractivity contribution in [1.82, 2.24) is 5.32 Å². The molecule has 0 aliphatic rings. The lowest BCUT2D eigenvalue weighted by Crippen LogP contribution is -2.30. The fourth-order valence-electron chi connectivity index (χ4n) is 2.76. The predicted octanol–water partition coefficient (Wildman–Crippen LogP) is 4.27. The van der Waals surface area contributed by atoms with E-state index < -0.39 is 0 Å². The number of nitrogens with one attached hydrogen (secondary N) is 2. The summed E-state index contributed by atoms with van der Waals surface area (Å²) in [5.41, 5.74) is 4.52. The summed E-state index contributed by atoms with van der Waals surface area (Å²) in [4.78, 5) is 6.44. The maximum absolute atomic E-state index is 5.64. The third-order valence-corrected chi connectivity index (χ3v) is 4.12. The number of hydrogen-bond donors (Lipinski definition) is 2. The Hall–Kier alpha value is -2.16. The van der Waals surface area contributed by atoms with Gasteiger partial charge in [0.05, 0.1) is 13.7 Å². The first kappa shape index (κ1) is 23.9. The molecule has 0 saturated carbocycles. The number of benzene rings is 2. The third kappa shape index (κ3) is 6.47. The smallest absolute Gasteiger partial charge is 0.195 e. The van der Waals surface area contributed by atoms with Crippen LogP contribution in [-0.4, -0.2) is 40.8 Å². The second kappa shape index (κ2) is 11.6. The quantitative estimate of drug-likeness (QED) is 0.339. The molecule has 0 atom stereocenters. The lowest BCUT2D eigenvalue weighted by atomic mass is 10.1. The largest absolute Gasteiger partial charge is 0.493 e. The van der Waals surface area contributed by atoms with Crippen molar-refractivity contribution in [2.75, 3.05) is 45.1 Å². The van der Waals surface area contributed by atoms with Gasteiger partial charge in [-0.2, -0.15) is 0 Å². The molecule has 2 aromatic carbocycles. The van der Waals surface area contributed by atoms with Gasteiger partial charge in [0.15, 0.2) is 17.5 Å². The number of halogens is 1. The van der Waals surface area contributed by atoms with E-state index in [4.69, 9.17) is 9.47 Å². The fourth-order valence-corrected chi connectivity index (χ4v) is 2.76. The Bertz CT molecular complexity index is 794. The van der Waals surface area contributed by atoms with Crippen molar-refractivity contribution in [3.63, 3.8) is 0 Å². The van der Waals surface area contributed by atoms with Crippen LogP contribution in [0.5, 0.6) is 11.5 Å². The molecule has 0 amide bonds. The normalized spacial score (nSPS) is 10.7. The first-order chi connectivity index (χ1) is 13.0. The lowest BCUT2D eigenvalue weighted by Gasteiger charge is -2.20. The van der Waals surface area contributed by atoms with Crippen molar-refractivity contribution in [3.05, 3.63) is 47.5 Å². The number of nitrogens with zero attached hydrogens (tertiary/aromatic N) is 2. The Morgan fingerprint density at radius 2 is 1.86 bits per heavy atom. The van der Waals surface area contributed by atoms with Crippen molar-refractivity contribution < 1.29 is 9.47 Å². The van der Waals surface area contributed by atoms with Crippen LogP contribution in [0, 0.1) is 6.92 Å². The summed E-state index contributed by atoms with van der Waals surface area (Å²) in [6.07, 6.45) is 0. The molecule has 0 aliphatic heterocycles. The lowest BCUT2D eigenvalue weighted by molar-refractivity contribution is 0.311. The Kier molecular flexibility index (Phi) is 9.92. The molecule has 2 aromatic rings. The Labute approximate surface area is 185 Å². The van der Waals surface area contributed by atoms with Gasteiger partial charge < -0.3 is 25.0 Å². The van der Waals surface area contributed by atoms with Gasteiger partial charge in [0.2, 0.25) is 0 Å². The summed E-state index contributed by atoms with van der Waals surface area (Å²) in [5, 5.41) is 6.67. The van der Waals surface area contributed by atoms with Gasteiger partial charge in [-0.05, 0) is 43.2 Å². The van der Waals surface area contributed by atoms with Crippen LogP contribution in [0.1, 0.15) is 18.1 Å². The molecule has 28 heavy (non-hydrogen) atoms. The van der Waals surface area contributed by atoms with Gasteiger partial charge >= 0.3 is 0 Å². The average Bonchev–Trinajstić information content (AvgIpc) is 2.66. The molecule has 154 valence electrons. The highest BCUT2D eigenvalue weighted by Crippen LogP contribution is 2.30. The maximum Gasteiger partial charge on any atom is 0.195 e. The standard InChI is InChI=1S/C21H30N4O2.HI/c1-7-27-20-13-17(10-11-19(20)26-6)24-21(22-3)23-14-16-9-8-15(2)12-18(16)25(4)5;/h8-13H,7,14H2,1-6H3,(H2,22,23,24);1H. The maximum atomic E-state index is 5.64. The van der Waals surface area contributed by atoms with E-state index in [0.29, 0.717) is 30.6 Å². The minimum absolute atomic E-state index is 0. The minimum Gasteiger partial charge on any atom is -0.493 e. The van der Waals surface area contributed by atoms with Crippen molar-refractivity contribution in [2.45, 2.75) is 20.4 Å². The van der Waals surface area contributed by atoms with Gasteiger partial charge in [-0.25, -0.2) is 0 Å². The van der Waals surface area contributed by atoms with E-state index in [1.165, 1.54) is 16.8 Å². The molecule has 0 bridgehead atoms. The molecule has 0 radical (unpaired) electrons. The average molecular weight is 498 g/mol. The second-order valence-electron chi connectivity index (χ2n) is 6.38. The Morgan fingerprint density at radius 3 is 2.46 bits per heavy atom. The van der Waals surface area contributed by atoms with Crippen LogP contribution >= 0.6 is 24.0 Å². The molecule has 2 rings (SSSR count). The first-order valence-electron chi connectivity index (χ1n) is 9.03. The van der Waals surface area contributed by atoms with E-state index in [0.717, 1.165) is 5.69 Å². The summed E-state index contributed by atoms with van der Waals surface area (Å²) in [6.45, 7) is 5.30. The van der Waals surface area contributed by atoms with Crippen LogP contribution in [0.15, 0.2) is 41.4 Å². The van der Waals surface area contributed by atoms with Crippen LogP contribution in [-0.2, 0) is 6.54 Å². The van der Waals surface area contributed by atoms with Gasteiger partial charge in [0, 0.05) is 45.1 Å². The van der Waals surface area contributed by atoms with Crippen molar-refractivity contribution >= 4 is 41.3 Å². The number of anilines is 2. The van der Waals surface area contributed by atoms with Crippen LogP contribution in [0.25, 0.3) is 0 Å². The van der Waals surface area contributed by atoms with E-state index in [1.54, 1.807) is 14.2 Å². The molecule has 0 unspecified atom stereocenters. The van der Waals surface area contributed by atoms with Gasteiger partial charge in [0.25, 0.3) is 0 Å². The van der Waals surface area contributed by atoms with E-state index in [9.17, 15) is 0 Å². The summed E-state index contributed by atoms with van der Waals surface area (Å²) >= 11 is 0. The molecular formula is C21H31IN4O2. The first-order valence-corrected chi connectivity index (χ1v) is 9.03. The van der Waals surface area contributed by atoms with Crippen molar-refractivity contribution in [2.24, 2.45) is 4.99 Å². The Morgan fingerprint density at radius 1 is 1.11 bits per heavy atom. The summed E-state index contributed by atoms with van der Waals surface area (Å²) in [6, 6.07) is 12.2. The summed E-state index contributed by atoms with van der Waals surface area (Å²) < 4.78 is 11.0. The van der Waals surface area contributed by atoms with Gasteiger partial charge in [-0.15, -0.1) is 24.0 Å². The number of hydrogen-bond acceptors (Lipinski definition) is 4. The zero-order chi connectivity index (χ0) is 19.8. The molecule has 2 N–H and O–H groups in total. The molecule has 6 nitrogen and oxygen atoms in total. The topological polar surface area (TPSA) is 58.1 Å². The van der Waals surface area contributed by atoms with Crippen LogP contribution in [0.3, 0.4) is 0 Å². The number of guanidine groups is 1. The van der Waals surface area contributed by atoms with E-state index in [2.05, 4.69) is 59.7 Å². The van der Waals surface area contributed by atoms with E-state index in [-0.39, 0.29) is 24.0 Å². The number of ether oxygens (including phenoxy) is 2. The zero-order valence-electron chi connectivity index (χ0n) is 17.5. The highest BCUT2D eigenvalue weighted by Gasteiger charge is 2.09. The second-order valence-corrected chi connectivity index (χ2v) is 6.38. The number of methoxy groups -OCH3 is 1. The van der Waals surface area contributed by atoms with Gasteiger partial charge in [-0.3, -0.25) is 4.99 Å². The molecule has 0 fully saturated rings. The monoisotopic (exact) mass is 498 g/mol. The number of aryl methyl sites for hydroxylation is 1. The zero-order valence-corrected chi connectivity index (χ0v) is 19.8. The molecule has 0 aliphatic carbocycles. The molecule has 0 aromatic heterocycles. The van der Waals surface area contributed by atoms with Crippen molar-refractivity contribution in [3.8, 4) is 11.5 Å². The molecule has 0 saturated heterocycles. The summed E-state index contributed by atoms with van der Waals surface area (Å²) in [5.74, 6) is 2.10. The molecular weight excluding hydrogens is 467 g/mol. The van der Waals surface area contributed by atoms with Crippen molar-refractivity contribution in [1.29, 1.82) is 0 Å². The third-order valence-electron chi connectivity index (χ3n) is 4.12. The fraction of sp³-hybridized carbons (Fsp3) is 0.381. The van der Waals surface area contributed by atoms with Gasteiger partial charge in [0.1, 0.15) is 0 Å². The van der Waals surface area contributed by atoms with Crippen LogP contribution in [0.2, 0.25) is 0 Å². The highest BCUT2D eigenvalue weighted by molar-refractivity contribution is 14.0.